The number of benzene rings is 1. The Balaban J connectivity index is 1.47. The minimum atomic E-state index is -1.28. The van der Waals surface area contributed by atoms with Crippen molar-refractivity contribution in [1.82, 2.24) is 15.5 Å². The molecule has 182 valence electrons. The molecule has 7 nitrogen and oxygen atoms in total. The molecule has 2 heterocycles. The van der Waals surface area contributed by atoms with Crippen LogP contribution in [0.4, 0.5) is 0 Å². The number of carbonyl (C=O) groups excluding carboxylic acids is 3. The van der Waals surface area contributed by atoms with Crippen LogP contribution in [0.1, 0.15) is 60.2 Å². The fourth-order valence-electron chi connectivity index (χ4n) is 4.99. The Morgan fingerprint density at radius 1 is 1.00 bits per heavy atom. The third-order valence-electron chi connectivity index (χ3n) is 6.80. The molecule has 1 saturated carbocycles. The molecule has 2 fully saturated rings. The standard InChI is InChI=1S/C26H33N3O4S/c30-23(25(32)27-19-11-5-2-6-12-19)21-13-7-15-29(21)26(33)20(17-18-9-3-1-4-10-18)28-24(31)22-14-8-16-34-22/h1,3-4,8-10,14,16,19-21,23,30H,2,5-7,11-13,15,17H2,(H,27,32)(H,28,31)/t20-,21-,23?/m0/s1. The molecule has 3 N–H and O–H groups in total. The molecule has 1 aromatic heterocycles. The highest BCUT2D eigenvalue weighted by atomic mass is 32.1. The minimum Gasteiger partial charge on any atom is -0.381 e. The highest BCUT2D eigenvalue weighted by Gasteiger charge is 2.40. The van der Waals surface area contributed by atoms with Crippen LogP contribution < -0.4 is 10.6 Å². The highest BCUT2D eigenvalue weighted by Crippen LogP contribution is 2.24. The summed E-state index contributed by atoms with van der Waals surface area (Å²) in [5.41, 5.74) is 0.929. The molecule has 4 rings (SSSR count). The van der Waals surface area contributed by atoms with Gasteiger partial charge in [0.25, 0.3) is 11.8 Å². The smallest absolute Gasteiger partial charge is 0.262 e. The quantitative estimate of drug-likeness (QED) is 0.538. The fraction of sp³-hybridized carbons (Fsp3) is 0.500. The van der Waals surface area contributed by atoms with Crippen LogP contribution in [0.25, 0.3) is 0 Å². The van der Waals surface area contributed by atoms with Crippen molar-refractivity contribution < 1.29 is 19.5 Å². The molecule has 3 amide bonds. The first-order valence-corrected chi connectivity index (χ1v) is 13.1. The van der Waals surface area contributed by atoms with Crippen molar-refractivity contribution in [3.05, 3.63) is 58.3 Å². The monoisotopic (exact) mass is 483 g/mol. The number of rotatable bonds is 8. The van der Waals surface area contributed by atoms with Gasteiger partial charge < -0.3 is 20.6 Å². The van der Waals surface area contributed by atoms with Gasteiger partial charge in [-0.2, -0.15) is 0 Å². The number of aliphatic hydroxyl groups excluding tert-OH is 1. The van der Waals surface area contributed by atoms with Gasteiger partial charge in [0.05, 0.1) is 10.9 Å². The predicted octanol–water partition coefficient (Wildman–Crippen LogP) is 2.89. The van der Waals surface area contributed by atoms with Gasteiger partial charge in [0.15, 0.2) is 6.10 Å². The van der Waals surface area contributed by atoms with E-state index in [2.05, 4.69) is 10.6 Å². The highest BCUT2D eigenvalue weighted by molar-refractivity contribution is 7.12. The first-order chi connectivity index (χ1) is 16.5. The Morgan fingerprint density at radius 2 is 1.76 bits per heavy atom. The van der Waals surface area contributed by atoms with Crippen LogP contribution in [0, 0.1) is 0 Å². The average Bonchev–Trinajstić information content (AvgIpc) is 3.56. The van der Waals surface area contributed by atoms with E-state index in [1.165, 1.54) is 17.8 Å². The zero-order chi connectivity index (χ0) is 23.9. The summed E-state index contributed by atoms with van der Waals surface area (Å²) in [4.78, 5) is 41.4. The second kappa shape index (κ2) is 11.6. The van der Waals surface area contributed by atoms with Crippen LogP contribution in [0.2, 0.25) is 0 Å². The Bertz CT molecular complexity index is 960. The summed E-state index contributed by atoms with van der Waals surface area (Å²) in [6.45, 7) is 0.456. The molecule has 1 aromatic carbocycles. The number of aliphatic hydroxyl groups is 1. The Hall–Kier alpha value is -2.71. The number of thiophene rings is 1. The average molecular weight is 484 g/mol. The molecule has 1 unspecified atom stereocenters. The molecule has 3 atom stereocenters. The van der Waals surface area contributed by atoms with Crippen molar-refractivity contribution in [1.29, 1.82) is 0 Å². The van der Waals surface area contributed by atoms with Crippen LogP contribution in [0.15, 0.2) is 47.8 Å². The Kier molecular flexibility index (Phi) is 8.34. The van der Waals surface area contributed by atoms with E-state index in [0.717, 1.165) is 31.2 Å². The van der Waals surface area contributed by atoms with E-state index >= 15 is 0 Å². The number of nitrogens with one attached hydrogen (secondary N) is 2. The van der Waals surface area contributed by atoms with Gasteiger partial charge in [-0.15, -0.1) is 11.3 Å². The van der Waals surface area contributed by atoms with Crippen LogP contribution in [-0.2, 0) is 16.0 Å². The fourth-order valence-corrected chi connectivity index (χ4v) is 5.62. The van der Waals surface area contributed by atoms with Gasteiger partial charge in [-0.25, -0.2) is 0 Å². The molecule has 1 aliphatic carbocycles. The summed E-state index contributed by atoms with van der Waals surface area (Å²) in [7, 11) is 0. The van der Waals surface area contributed by atoms with E-state index in [0.29, 0.717) is 30.7 Å². The predicted molar refractivity (Wildman–Crippen MR) is 131 cm³/mol. The summed E-state index contributed by atoms with van der Waals surface area (Å²) in [5.74, 6) is -0.963. The summed E-state index contributed by atoms with van der Waals surface area (Å²) in [6, 6.07) is 11.8. The maximum absolute atomic E-state index is 13.7. The second-order valence-electron chi connectivity index (χ2n) is 9.22. The topological polar surface area (TPSA) is 98.7 Å². The van der Waals surface area contributed by atoms with E-state index in [1.54, 1.807) is 17.0 Å². The van der Waals surface area contributed by atoms with Crippen molar-refractivity contribution in [3.63, 3.8) is 0 Å². The molecule has 34 heavy (non-hydrogen) atoms. The first kappa shape index (κ1) is 24.4. The van der Waals surface area contributed by atoms with Crippen LogP contribution in [0.3, 0.4) is 0 Å². The van der Waals surface area contributed by atoms with E-state index in [9.17, 15) is 19.5 Å². The summed E-state index contributed by atoms with van der Waals surface area (Å²) >= 11 is 1.32. The maximum atomic E-state index is 13.7. The third kappa shape index (κ3) is 6.04. The number of carbonyl (C=O) groups is 3. The molecule has 8 heteroatoms. The van der Waals surface area contributed by atoms with Crippen molar-refractivity contribution in [2.75, 3.05) is 6.54 Å². The SMILES string of the molecule is O=C(N[C@@H](Cc1ccccc1)C(=O)N1CCC[C@H]1C(O)C(=O)NC1CCCCC1)c1cccs1. The summed E-state index contributed by atoms with van der Waals surface area (Å²) < 4.78 is 0. The number of likely N-dealkylation sites (tertiary alicyclic amines) is 1. The van der Waals surface area contributed by atoms with Gasteiger partial charge in [0, 0.05) is 19.0 Å². The zero-order valence-electron chi connectivity index (χ0n) is 19.3. The normalized spacial score (nSPS) is 20.5. The summed E-state index contributed by atoms with van der Waals surface area (Å²) in [6.07, 6.45) is 5.53. The second-order valence-corrected chi connectivity index (χ2v) is 10.2. The molecule has 0 radical (unpaired) electrons. The lowest BCUT2D eigenvalue weighted by atomic mass is 9.95. The molecule has 2 aliphatic rings. The van der Waals surface area contributed by atoms with Crippen LogP contribution in [0.5, 0.6) is 0 Å². The number of hydrogen-bond donors (Lipinski definition) is 3. The summed E-state index contributed by atoms with van der Waals surface area (Å²) in [5, 5.41) is 18.6. The minimum absolute atomic E-state index is 0.0948. The van der Waals surface area contributed by atoms with Gasteiger partial charge in [-0.05, 0) is 42.7 Å². The van der Waals surface area contributed by atoms with E-state index in [1.807, 2.05) is 35.7 Å². The molecule has 1 saturated heterocycles. The van der Waals surface area contributed by atoms with Gasteiger partial charge in [-0.1, -0.05) is 55.7 Å². The molecular formula is C26H33N3O4S. The third-order valence-corrected chi connectivity index (χ3v) is 7.67. The number of hydrogen-bond acceptors (Lipinski definition) is 5. The van der Waals surface area contributed by atoms with Gasteiger partial charge >= 0.3 is 0 Å². The lowest BCUT2D eigenvalue weighted by Crippen LogP contribution is -2.56. The maximum Gasteiger partial charge on any atom is 0.262 e. The van der Waals surface area contributed by atoms with E-state index in [-0.39, 0.29) is 17.9 Å². The molecule has 0 bridgehead atoms. The zero-order valence-corrected chi connectivity index (χ0v) is 20.1. The molecule has 1 aliphatic heterocycles. The number of nitrogens with zero attached hydrogens (tertiary/aromatic N) is 1. The molecule has 2 aromatic rings. The van der Waals surface area contributed by atoms with Crippen molar-refractivity contribution in [3.8, 4) is 0 Å². The Morgan fingerprint density at radius 3 is 2.47 bits per heavy atom. The van der Waals surface area contributed by atoms with E-state index in [4.69, 9.17) is 0 Å². The first-order valence-electron chi connectivity index (χ1n) is 12.2. The van der Waals surface area contributed by atoms with E-state index < -0.39 is 24.1 Å². The Labute approximate surface area is 204 Å². The van der Waals surface area contributed by atoms with Gasteiger partial charge in [0.2, 0.25) is 5.91 Å². The molecule has 0 spiro atoms. The van der Waals surface area contributed by atoms with Crippen molar-refractivity contribution in [2.24, 2.45) is 0 Å². The lowest BCUT2D eigenvalue weighted by Gasteiger charge is -2.32. The molecular weight excluding hydrogens is 450 g/mol. The van der Waals surface area contributed by atoms with Gasteiger partial charge in [0.1, 0.15) is 6.04 Å². The number of amides is 3. The van der Waals surface area contributed by atoms with Gasteiger partial charge in [-0.3, -0.25) is 14.4 Å². The largest absolute Gasteiger partial charge is 0.381 e. The van der Waals surface area contributed by atoms with Crippen molar-refractivity contribution in [2.45, 2.75) is 75.6 Å². The lowest BCUT2D eigenvalue weighted by molar-refractivity contribution is -0.141. The van der Waals surface area contributed by atoms with Crippen LogP contribution in [-0.4, -0.2) is 58.5 Å². The van der Waals surface area contributed by atoms with Crippen molar-refractivity contribution >= 4 is 29.1 Å². The van der Waals surface area contributed by atoms with Crippen LogP contribution >= 0.6 is 11.3 Å².